The number of amides is 2. The summed E-state index contributed by atoms with van der Waals surface area (Å²) in [6.07, 6.45) is 1.38. The Morgan fingerprint density at radius 2 is 1.57 bits per heavy atom. The van der Waals surface area contributed by atoms with Gasteiger partial charge < -0.3 is 16.0 Å². The lowest BCUT2D eigenvalue weighted by Crippen LogP contribution is -2.32. The van der Waals surface area contributed by atoms with Gasteiger partial charge in [0, 0.05) is 27.4 Å². The average Bonchev–Trinajstić information content (AvgIpc) is 3.27. The molecule has 37 heavy (non-hydrogen) atoms. The van der Waals surface area contributed by atoms with E-state index in [1.807, 2.05) is 19.9 Å². The van der Waals surface area contributed by atoms with Crippen LogP contribution in [0.3, 0.4) is 0 Å². The number of aromatic nitrogens is 1. The lowest BCUT2D eigenvalue weighted by Gasteiger charge is -2.19. The maximum absolute atomic E-state index is 13.7. The summed E-state index contributed by atoms with van der Waals surface area (Å²) < 4.78 is 0. The molecule has 3 aromatic carbocycles. The average molecular weight is 534 g/mol. The topological polar surface area (TPSA) is 105 Å². The van der Waals surface area contributed by atoms with Gasteiger partial charge in [0.15, 0.2) is 0 Å². The number of rotatable bonds is 8. The summed E-state index contributed by atoms with van der Waals surface area (Å²) in [6.45, 7) is 3.75. The van der Waals surface area contributed by atoms with Gasteiger partial charge in [0.1, 0.15) is 0 Å². The van der Waals surface area contributed by atoms with Crippen LogP contribution in [0.4, 0.5) is 0 Å². The minimum absolute atomic E-state index is 0.124. The molecule has 4 aromatic rings. The second-order valence-electron chi connectivity index (χ2n) is 8.81. The van der Waals surface area contributed by atoms with E-state index >= 15 is 0 Å². The summed E-state index contributed by atoms with van der Waals surface area (Å²) in [7, 11) is 0. The van der Waals surface area contributed by atoms with Crippen LogP contribution < -0.4 is 11.1 Å². The molecule has 0 aliphatic carbocycles. The first-order valence-electron chi connectivity index (χ1n) is 11.6. The molecule has 188 valence electrons. The highest BCUT2D eigenvalue weighted by Gasteiger charge is 2.28. The van der Waals surface area contributed by atoms with Gasteiger partial charge in [-0.3, -0.25) is 14.4 Å². The van der Waals surface area contributed by atoms with Gasteiger partial charge in [-0.25, -0.2) is 0 Å². The predicted octanol–water partition coefficient (Wildman–Crippen LogP) is 6.18. The van der Waals surface area contributed by atoms with Crippen LogP contribution in [0, 0.1) is 13.8 Å². The molecule has 0 saturated heterocycles. The maximum Gasteiger partial charge on any atom is 0.253 e. The minimum Gasteiger partial charge on any atom is -0.370 e. The molecule has 1 aromatic heterocycles. The number of benzene rings is 3. The molecule has 0 spiro atoms. The number of primary amides is 1. The third kappa shape index (κ3) is 5.77. The molecule has 1 heterocycles. The van der Waals surface area contributed by atoms with Gasteiger partial charge in [-0.05, 0) is 60.4 Å². The van der Waals surface area contributed by atoms with Crippen molar-refractivity contribution in [1.82, 2.24) is 10.3 Å². The normalized spacial score (nSPS) is 11.7. The zero-order valence-electron chi connectivity index (χ0n) is 20.3. The Bertz CT molecular complexity index is 1470. The summed E-state index contributed by atoms with van der Waals surface area (Å²) in [5.74, 6) is -1.31. The van der Waals surface area contributed by atoms with Gasteiger partial charge in [-0.15, -0.1) is 0 Å². The number of ketones is 1. The van der Waals surface area contributed by atoms with Crippen LogP contribution in [0.15, 0.2) is 72.9 Å². The van der Waals surface area contributed by atoms with Gasteiger partial charge in [0.05, 0.1) is 23.7 Å². The highest BCUT2D eigenvalue weighted by molar-refractivity contribution is 6.31. The van der Waals surface area contributed by atoms with Crippen LogP contribution in [-0.4, -0.2) is 22.6 Å². The first kappa shape index (κ1) is 26.2. The number of halogens is 2. The molecule has 0 radical (unpaired) electrons. The number of H-pyrrole nitrogens is 1. The number of nitrogens with two attached hydrogens (primary N) is 1. The molecule has 0 aliphatic heterocycles. The van der Waals surface area contributed by atoms with E-state index in [-0.39, 0.29) is 23.5 Å². The van der Waals surface area contributed by atoms with Crippen molar-refractivity contribution in [3.63, 3.8) is 0 Å². The molecule has 0 fully saturated rings. The lowest BCUT2D eigenvalue weighted by molar-refractivity contribution is -0.118. The summed E-state index contributed by atoms with van der Waals surface area (Å²) in [5, 5.41) is 3.92. The van der Waals surface area contributed by atoms with Crippen molar-refractivity contribution >= 4 is 40.8 Å². The van der Waals surface area contributed by atoms with Crippen molar-refractivity contribution in [2.24, 2.45) is 5.73 Å². The Morgan fingerprint density at radius 3 is 2.19 bits per heavy atom. The van der Waals surface area contributed by atoms with Crippen molar-refractivity contribution in [1.29, 1.82) is 0 Å². The van der Waals surface area contributed by atoms with Crippen molar-refractivity contribution < 1.29 is 14.4 Å². The number of hydrogen-bond acceptors (Lipinski definition) is 3. The van der Waals surface area contributed by atoms with E-state index in [4.69, 9.17) is 28.9 Å². The predicted molar refractivity (Wildman–Crippen MR) is 146 cm³/mol. The molecule has 6 nitrogen and oxygen atoms in total. The van der Waals surface area contributed by atoms with Crippen LogP contribution in [-0.2, 0) is 4.79 Å². The molecule has 8 heteroatoms. The van der Waals surface area contributed by atoms with E-state index in [2.05, 4.69) is 10.3 Å². The Balaban J connectivity index is 1.83. The largest absolute Gasteiger partial charge is 0.370 e. The highest BCUT2D eigenvalue weighted by Crippen LogP contribution is 2.36. The van der Waals surface area contributed by atoms with E-state index in [0.29, 0.717) is 26.7 Å². The Labute approximate surface area is 224 Å². The zero-order chi connectivity index (χ0) is 26.7. The maximum atomic E-state index is 13.7. The van der Waals surface area contributed by atoms with Gasteiger partial charge in [0.25, 0.3) is 5.91 Å². The number of nitrogens with one attached hydrogen (secondary N) is 2. The standard InChI is InChI=1S/C29H25Cl2N3O3/c1-16-11-21(31)12-17(2)25(16)26-22(15-33-27(26)28(36)18-7-4-3-5-8-18)29(37)34-23(14-24(32)35)19-9-6-10-20(30)13-19/h3-13,15,23,33H,14H2,1-2H3,(H2,32,35)(H,34,37)/t23-/m0/s1. The van der Waals surface area contributed by atoms with Crippen LogP contribution >= 0.6 is 23.2 Å². The number of carbonyl (C=O) groups is 3. The fourth-order valence-corrected chi connectivity index (χ4v) is 5.02. The number of hydrogen-bond donors (Lipinski definition) is 3. The molecule has 2 amide bonds. The molecule has 0 aliphatic rings. The van der Waals surface area contributed by atoms with Crippen molar-refractivity contribution in [3.05, 3.63) is 116 Å². The molecule has 0 bridgehead atoms. The van der Waals surface area contributed by atoms with Crippen LogP contribution in [0.2, 0.25) is 10.0 Å². The number of carbonyl (C=O) groups excluding carboxylic acids is 3. The summed E-state index contributed by atoms with van der Waals surface area (Å²) >= 11 is 12.4. The second kappa shape index (κ2) is 11.0. The highest BCUT2D eigenvalue weighted by atomic mass is 35.5. The first-order chi connectivity index (χ1) is 17.7. The SMILES string of the molecule is Cc1cc(Cl)cc(C)c1-c1c(C(=O)N[C@@H](CC(N)=O)c2cccc(Cl)c2)c[nH]c1C(=O)c1ccccc1. The molecule has 0 unspecified atom stereocenters. The number of aromatic amines is 1. The van der Waals surface area contributed by atoms with Gasteiger partial charge >= 0.3 is 0 Å². The molecular weight excluding hydrogens is 509 g/mol. The quantitative estimate of drug-likeness (QED) is 0.235. The van der Waals surface area contributed by atoms with E-state index in [1.54, 1.807) is 60.7 Å². The van der Waals surface area contributed by atoms with Crippen LogP contribution in [0.1, 0.15) is 55.6 Å². The zero-order valence-corrected chi connectivity index (χ0v) is 21.8. The first-order valence-corrected chi connectivity index (χ1v) is 12.3. The van der Waals surface area contributed by atoms with Gasteiger partial charge in [-0.2, -0.15) is 0 Å². The lowest BCUT2D eigenvalue weighted by atomic mass is 9.90. The van der Waals surface area contributed by atoms with Crippen molar-refractivity contribution in [2.75, 3.05) is 0 Å². The Hall–Kier alpha value is -3.87. The smallest absolute Gasteiger partial charge is 0.253 e. The summed E-state index contributed by atoms with van der Waals surface area (Å²) in [6, 6.07) is 18.5. The van der Waals surface area contributed by atoms with Crippen LogP contribution in [0.5, 0.6) is 0 Å². The third-order valence-electron chi connectivity index (χ3n) is 6.10. The Kier molecular flexibility index (Phi) is 7.81. The van der Waals surface area contributed by atoms with E-state index in [0.717, 1.165) is 16.7 Å². The van der Waals surface area contributed by atoms with E-state index < -0.39 is 17.9 Å². The van der Waals surface area contributed by atoms with E-state index in [1.165, 1.54) is 6.20 Å². The van der Waals surface area contributed by atoms with Crippen LogP contribution in [0.25, 0.3) is 11.1 Å². The summed E-state index contributed by atoms with van der Waals surface area (Å²) in [5.41, 5.74) is 9.93. The third-order valence-corrected chi connectivity index (χ3v) is 6.55. The molecule has 1 atom stereocenters. The fourth-order valence-electron chi connectivity index (χ4n) is 4.49. The van der Waals surface area contributed by atoms with Gasteiger partial charge in [0.2, 0.25) is 11.7 Å². The molecule has 4 N–H and O–H groups in total. The molecule has 4 rings (SSSR count). The molecule has 0 saturated carbocycles. The minimum atomic E-state index is -0.716. The van der Waals surface area contributed by atoms with Crippen molar-refractivity contribution in [2.45, 2.75) is 26.3 Å². The Morgan fingerprint density at radius 1 is 0.892 bits per heavy atom. The fraction of sp³-hybridized carbons (Fsp3) is 0.138. The second-order valence-corrected chi connectivity index (χ2v) is 9.69. The summed E-state index contributed by atoms with van der Waals surface area (Å²) in [4.78, 5) is 42.1. The monoisotopic (exact) mass is 533 g/mol. The van der Waals surface area contributed by atoms with Crippen molar-refractivity contribution in [3.8, 4) is 11.1 Å². The van der Waals surface area contributed by atoms with E-state index in [9.17, 15) is 14.4 Å². The number of aryl methyl sites for hydroxylation is 2. The molecular formula is C29H25Cl2N3O3. The van der Waals surface area contributed by atoms with Gasteiger partial charge in [-0.1, -0.05) is 65.7 Å².